The summed E-state index contributed by atoms with van der Waals surface area (Å²) in [6, 6.07) is 0.521. The number of hydrogen-bond donors (Lipinski definition) is 3. The highest BCUT2D eigenvalue weighted by Gasteiger charge is 2.39. The molecule has 2 heterocycles. The number of aliphatic hydroxyl groups excluding tert-OH is 1. The molecule has 0 bridgehead atoms. The lowest BCUT2D eigenvalue weighted by Crippen LogP contribution is -2.34. The molecule has 11 nitrogen and oxygen atoms in total. The zero-order valence-electron chi connectivity index (χ0n) is 19.4. The van der Waals surface area contributed by atoms with E-state index in [1.807, 2.05) is 0 Å². The Bertz CT molecular complexity index is 1260. The number of amides is 2. The van der Waals surface area contributed by atoms with Gasteiger partial charge in [-0.15, -0.1) is 0 Å². The number of alkyl halides is 3. The molecular weight excluding hydrogens is 551 g/mol. The average Bonchev–Trinajstić information content (AvgIpc) is 2.84. The number of ether oxygens (including phenoxy) is 1. The number of carbonyl (C=O) groups excluding carboxylic acids is 2. The van der Waals surface area contributed by atoms with Crippen LogP contribution in [-0.4, -0.2) is 70.6 Å². The molecule has 0 radical (unpaired) electrons. The summed E-state index contributed by atoms with van der Waals surface area (Å²) in [5.41, 5.74) is -2.02. The van der Waals surface area contributed by atoms with Crippen molar-refractivity contribution in [1.82, 2.24) is 14.9 Å². The van der Waals surface area contributed by atoms with E-state index in [9.17, 15) is 32.7 Å². The predicted octanol–water partition coefficient (Wildman–Crippen LogP) is 3.02. The Morgan fingerprint density at radius 3 is 2.59 bits per heavy atom. The Hall–Kier alpha value is -3.43. The van der Waals surface area contributed by atoms with Crippen molar-refractivity contribution in [2.75, 3.05) is 30.5 Å². The topological polar surface area (TPSA) is 140 Å². The first kappa shape index (κ1) is 29.8. The van der Waals surface area contributed by atoms with Crippen LogP contribution in [0, 0.1) is 5.82 Å². The molecule has 1 atom stereocenters. The van der Waals surface area contributed by atoms with Gasteiger partial charge in [0, 0.05) is 19.8 Å². The van der Waals surface area contributed by atoms with E-state index in [2.05, 4.69) is 20.4 Å². The van der Waals surface area contributed by atoms with E-state index in [1.54, 1.807) is 6.92 Å². The molecule has 0 saturated carbocycles. The number of hydrazone groups is 1. The highest BCUT2D eigenvalue weighted by molar-refractivity contribution is 6.39. The van der Waals surface area contributed by atoms with Crippen molar-refractivity contribution in [3.05, 3.63) is 44.0 Å². The summed E-state index contributed by atoms with van der Waals surface area (Å²) in [4.78, 5) is 42.6. The SMILES string of the molecule is CCN(C=O)/C(CO)=N\N(C)c1nc(O[C@@H](C)C(F)(F)F)c(C(=O)Nc2c(Cl)c[nH]c(=O)c2Cl)cc1F. The molecule has 0 aliphatic carbocycles. The van der Waals surface area contributed by atoms with E-state index in [4.69, 9.17) is 27.9 Å². The molecule has 0 spiro atoms. The quantitative estimate of drug-likeness (QED) is 0.138. The summed E-state index contributed by atoms with van der Waals surface area (Å²) in [6.07, 6.45) is -6.02. The van der Waals surface area contributed by atoms with Crippen LogP contribution in [0.4, 0.5) is 29.1 Å². The number of hydrogen-bond acceptors (Lipinski definition) is 8. The molecule has 2 rings (SSSR count). The van der Waals surface area contributed by atoms with Crippen LogP contribution in [0.3, 0.4) is 0 Å². The number of likely N-dealkylation sites (N-methyl/N-ethyl adjacent to an activating group) is 1. The number of aliphatic hydroxyl groups is 1. The van der Waals surface area contributed by atoms with Crippen LogP contribution in [-0.2, 0) is 4.79 Å². The number of aromatic nitrogens is 2. The molecule has 37 heavy (non-hydrogen) atoms. The van der Waals surface area contributed by atoms with Crippen molar-refractivity contribution in [1.29, 1.82) is 0 Å². The average molecular weight is 571 g/mol. The first-order valence-electron chi connectivity index (χ1n) is 10.2. The number of carbonyl (C=O) groups is 2. The molecule has 17 heteroatoms. The fourth-order valence-electron chi connectivity index (χ4n) is 2.67. The maximum absolute atomic E-state index is 15.0. The van der Waals surface area contributed by atoms with Gasteiger partial charge in [0.1, 0.15) is 17.2 Å². The van der Waals surface area contributed by atoms with Gasteiger partial charge in [-0.2, -0.15) is 23.3 Å². The Balaban J connectivity index is 2.61. The number of anilines is 2. The fourth-order valence-corrected chi connectivity index (χ4v) is 3.12. The third-order valence-corrected chi connectivity index (χ3v) is 5.31. The number of pyridine rings is 2. The smallest absolute Gasteiger partial charge is 0.425 e. The van der Waals surface area contributed by atoms with Crippen molar-refractivity contribution >= 4 is 52.9 Å². The van der Waals surface area contributed by atoms with Crippen LogP contribution in [0.15, 0.2) is 22.2 Å². The lowest BCUT2D eigenvalue weighted by Gasteiger charge is -2.22. The molecule has 0 saturated heterocycles. The maximum atomic E-state index is 15.0. The number of H-pyrrole nitrogens is 1. The van der Waals surface area contributed by atoms with Gasteiger partial charge >= 0.3 is 6.18 Å². The molecule has 202 valence electrons. The minimum atomic E-state index is -4.89. The zero-order valence-corrected chi connectivity index (χ0v) is 20.9. The van der Waals surface area contributed by atoms with Crippen molar-refractivity contribution in [2.45, 2.75) is 26.1 Å². The van der Waals surface area contributed by atoms with Crippen LogP contribution in [0.2, 0.25) is 10.0 Å². The third-order valence-electron chi connectivity index (χ3n) is 4.66. The maximum Gasteiger partial charge on any atom is 0.425 e. The molecule has 0 fully saturated rings. The number of halogens is 6. The molecule has 0 aromatic carbocycles. The van der Waals surface area contributed by atoms with Crippen LogP contribution < -0.4 is 20.6 Å². The Morgan fingerprint density at radius 1 is 1.41 bits per heavy atom. The van der Waals surface area contributed by atoms with Crippen LogP contribution >= 0.6 is 23.2 Å². The highest BCUT2D eigenvalue weighted by Crippen LogP contribution is 2.32. The van der Waals surface area contributed by atoms with Gasteiger partial charge in [0.05, 0.1) is 10.7 Å². The minimum absolute atomic E-state index is 0.0939. The summed E-state index contributed by atoms with van der Waals surface area (Å²) in [5.74, 6) is -4.38. The molecule has 0 aliphatic rings. The number of rotatable bonds is 9. The summed E-state index contributed by atoms with van der Waals surface area (Å²) in [5, 5.41) is 15.4. The zero-order chi connectivity index (χ0) is 28.1. The largest absolute Gasteiger partial charge is 0.464 e. The summed E-state index contributed by atoms with van der Waals surface area (Å²) >= 11 is 11.8. The number of aromatic amines is 1. The second kappa shape index (κ2) is 12.2. The predicted molar refractivity (Wildman–Crippen MR) is 127 cm³/mol. The monoisotopic (exact) mass is 570 g/mol. The molecule has 2 aromatic rings. The summed E-state index contributed by atoms with van der Waals surface area (Å²) in [6.45, 7) is 1.54. The van der Waals surface area contributed by atoms with Crippen LogP contribution in [0.5, 0.6) is 5.88 Å². The second-order valence-electron chi connectivity index (χ2n) is 7.15. The van der Waals surface area contributed by atoms with E-state index >= 15 is 4.39 Å². The summed E-state index contributed by atoms with van der Waals surface area (Å²) < 4.78 is 59.4. The second-order valence-corrected chi connectivity index (χ2v) is 7.93. The molecule has 0 unspecified atom stereocenters. The van der Waals surface area contributed by atoms with Crippen LogP contribution in [0.25, 0.3) is 0 Å². The van der Waals surface area contributed by atoms with Gasteiger partial charge < -0.3 is 20.1 Å². The number of amidine groups is 1. The molecule has 0 aliphatic heterocycles. The lowest BCUT2D eigenvalue weighted by molar-refractivity contribution is -0.190. The van der Waals surface area contributed by atoms with Crippen LogP contribution in [0.1, 0.15) is 24.2 Å². The van der Waals surface area contributed by atoms with E-state index in [1.165, 1.54) is 0 Å². The number of nitrogens with one attached hydrogen (secondary N) is 2. The number of nitrogens with zero attached hydrogens (tertiary/aromatic N) is 4. The van der Waals surface area contributed by atoms with Crippen molar-refractivity contribution in [3.63, 3.8) is 0 Å². The third kappa shape index (κ3) is 7.08. The Labute approximate surface area is 216 Å². The highest BCUT2D eigenvalue weighted by atomic mass is 35.5. The van der Waals surface area contributed by atoms with Gasteiger partial charge in [0.15, 0.2) is 23.6 Å². The molecular formula is C20H20Cl2F4N6O5. The van der Waals surface area contributed by atoms with E-state index < -0.39 is 58.5 Å². The fraction of sp³-hybridized carbons (Fsp3) is 0.350. The standard InChI is InChI=1S/C20H20Cl2F4N6O5/c1-4-32(8-34)13(7-33)30-31(3)16-12(23)5-10(19(29-16)37-9(2)20(24,25)26)17(35)28-15-11(21)6-27-18(36)14(15)22/h5-6,8-9,33H,4,7H2,1-3H3,(H2,27,28,35,36)/b30-13-/t9-/m0/s1. The molecule has 3 N–H and O–H groups in total. The van der Waals surface area contributed by atoms with Gasteiger partial charge in [-0.05, 0) is 19.9 Å². The van der Waals surface area contributed by atoms with E-state index in [0.717, 1.165) is 23.2 Å². The lowest BCUT2D eigenvalue weighted by atomic mass is 10.2. The normalized spacial score (nSPS) is 12.6. The van der Waals surface area contributed by atoms with E-state index in [0.29, 0.717) is 19.4 Å². The van der Waals surface area contributed by atoms with Crippen molar-refractivity contribution in [2.24, 2.45) is 5.10 Å². The summed E-state index contributed by atoms with van der Waals surface area (Å²) in [7, 11) is 1.13. The van der Waals surface area contributed by atoms with Gasteiger partial charge in [0.25, 0.3) is 11.5 Å². The van der Waals surface area contributed by atoms with Gasteiger partial charge in [-0.25, -0.2) is 9.40 Å². The Morgan fingerprint density at radius 2 is 2.05 bits per heavy atom. The van der Waals surface area contributed by atoms with Crippen molar-refractivity contribution < 1.29 is 37.0 Å². The molecule has 2 aromatic heterocycles. The molecule has 2 amide bonds. The van der Waals surface area contributed by atoms with Gasteiger partial charge in [0.2, 0.25) is 12.3 Å². The minimum Gasteiger partial charge on any atom is -0.464 e. The van der Waals surface area contributed by atoms with Gasteiger partial charge in [-0.3, -0.25) is 19.3 Å². The first-order valence-corrected chi connectivity index (χ1v) is 11.0. The van der Waals surface area contributed by atoms with Gasteiger partial charge in [-0.1, -0.05) is 23.2 Å². The first-order chi connectivity index (χ1) is 17.2. The Kier molecular flexibility index (Phi) is 9.83. The van der Waals surface area contributed by atoms with E-state index in [-0.39, 0.29) is 23.1 Å². The van der Waals surface area contributed by atoms with Crippen molar-refractivity contribution in [3.8, 4) is 5.88 Å².